The second-order valence-electron chi connectivity index (χ2n) is 6.04. The number of carbonyl (C=O) groups excluding carboxylic acids is 1. The monoisotopic (exact) mass is 343 g/mol. The number of hydrogen-bond acceptors (Lipinski definition) is 3. The van der Waals surface area contributed by atoms with Crippen LogP contribution in [0.4, 0.5) is 20.6 Å². The summed E-state index contributed by atoms with van der Waals surface area (Å²) in [6.45, 7) is 4.32. The second-order valence-corrected chi connectivity index (χ2v) is 6.04. The molecule has 1 N–H and O–H groups in total. The summed E-state index contributed by atoms with van der Waals surface area (Å²) in [4.78, 5) is 16.3. The Morgan fingerprint density at radius 2 is 1.84 bits per heavy atom. The normalized spacial score (nSPS) is 14.4. The average molecular weight is 343 g/mol. The molecule has 6 heteroatoms. The molecule has 1 heterocycles. The maximum Gasteiger partial charge on any atom is 0.321 e. The van der Waals surface area contributed by atoms with E-state index in [2.05, 4.69) is 10.2 Å². The molecule has 0 aromatic heterocycles. The van der Waals surface area contributed by atoms with Crippen LogP contribution in [0.15, 0.2) is 42.5 Å². The molecule has 25 heavy (non-hydrogen) atoms. The van der Waals surface area contributed by atoms with Gasteiger partial charge in [0.25, 0.3) is 0 Å². The van der Waals surface area contributed by atoms with Crippen molar-refractivity contribution < 1.29 is 13.9 Å². The molecule has 2 aromatic rings. The second kappa shape index (κ2) is 7.42. The summed E-state index contributed by atoms with van der Waals surface area (Å²) in [5.74, 6) is 0.509. The highest BCUT2D eigenvalue weighted by molar-refractivity contribution is 5.89. The third kappa shape index (κ3) is 3.84. The van der Waals surface area contributed by atoms with Gasteiger partial charge in [-0.15, -0.1) is 0 Å². The Morgan fingerprint density at radius 1 is 1.12 bits per heavy atom. The summed E-state index contributed by atoms with van der Waals surface area (Å²) in [6, 6.07) is 12.4. The number of anilines is 2. The largest absolute Gasteiger partial charge is 0.495 e. The number of nitrogens with one attached hydrogen (secondary N) is 1. The van der Waals surface area contributed by atoms with Crippen LogP contribution in [0.25, 0.3) is 0 Å². The molecule has 1 aliphatic rings. The van der Waals surface area contributed by atoms with E-state index in [9.17, 15) is 9.18 Å². The zero-order valence-electron chi connectivity index (χ0n) is 14.5. The van der Waals surface area contributed by atoms with Gasteiger partial charge in [0.05, 0.1) is 12.8 Å². The molecule has 2 amide bonds. The third-order valence-corrected chi connectivity index (χ3v) is 4.42. The van der Waals surface area contributed by atoms with Crippen molar-refractivity contribution in [3.8, 4) is 5.75 Å². The fourth-order valence-corrected chi connectivity index (χ4v) is 2.91. The molecule has 0 spiro atoms. The zero-order chi connectivity index (χ0) is 17.8. The number of aryl methyl sites for hydroxylation is 1. The van der Waals surface area contributed by atoms with Gasteiger partial charge < -0.3 is 19.9 Å². The van der Waals surface area contributed by atoms with Gasteiger partial charge >= 0.3 is 6.03 Å². The molecule has 132 valence electrons. The van der Waals surface area contributed by atoms with E-state index in [-0.39, 0.29) is 11.8 Å². The fourth-order valence-electron chi connectivity index (χ4n) is 2.91. The van der Waals surface area contributed by atoms with Crippen molar-refractivity contribution in [2.75, 3.05) is 43.5 Å². The summed E-state index contributed by atoms with van der Waals surface area (Å²) < 4.78 is 19.0. The quantitative estimate of drug-likeness (QED) is 0.928. The minimum Gasteiger partial charge on any atom is -0.495 e. The maximum atomic E-state index is 13.6. The van der Waals surface area contributed by atoms with E-state index in [4.69, 9.17) is 4.74 Å². The number of amides is 2. The van der Waals surface area contributed by atoms with E-state index in [1.54, 1.807) is 31.1 Å². The lowest BCUT2D eigenvalue weighted by Crippen LogP contribution is -2.50. The van der Waals surface area contributed by atoms with Crippen LogP contribution in [-0.2, 0) is 0 Å². The van der Waals surface area contributed by atoms with Gasteiger partial charge in [-0.3, -0.25) is 0 Å². The number of benzene rings is 2. The van der Waals surface area contributed by atoms with Crippen LogP contribution in [0.3, 0.4) is 0 Å². The topological polar surface area (TPSA) is 44.8 Å². The fraction of sp³-hybridized carbons (Fsp3) is 0.316. The summed E-state index contributed by atoms with van der Waals surface area (Å²) in [7, 11) is 1.66. The Kier molecular flexibility index (Phi) is 5.07. The van der Waals surface area contributed by atoms with Crippen molar-refractivity contribution in [2.24, 2.45) is 0 Å². The number of piperazine rings is 1. The minimum atomic E-state index is -0.321. The van der Waals surface area contributed by atoms with Gasteiger partial charge in [0.1, 0.15) is 11.6 Å². The molecule has 3 rings (SSSR count). The summed E-state index contributed by atoms with van der Waals surface area (Å²) >= 11 is 0. The molecule has 0 atom stereocenters. The number of rotatable bonds is 3. The predicted molar refractivity (Wildman–Crippen MR) is 96.9 cm³/mol. The summed E-state index contributed by atoms with van der Waals surface area (Å²) in [5.41, 5.74) is 2.06. The zero-order valence-corrected chi connectivity index (χ0v) is 14.5. The molecule has 0 saturated carbocycles. The highest BCUT2D eigenvalue weighted by Gasteiger charge is 2.23. The molecule has 1 fully saturated rings. The van der Waals surface area contributed by atoms with Crippen molar-refractivity contribution in [1.82, 2.24) is 4.90 Å². The minimum absolute atomic E-state index is 0.206. The van der Waals surface area contributed by atoms with Gasteiger partial charge in [0, 0.05) is 31.9 Å². The molecule has 5 nitrogen and oxygen atoms in total. The maximum absolute atomic E-state index is 13.6. The summed E-state index contributed by atoms with van der Waals surface area (Å²) in [5, 5.41) is 2.76. The number of hydrogen-bond donors (Lipinski definition) is 1. The Morgan fingerprint density at radius 3 is 2.52 bits per heavy atom. The number of para-hydroxylation sites is 2. The van der Waals surface area contributed by atoms with E-state index in [1.165, 1.54) is 6.07 Å². The molecule has 2 aromatic carbocycles. The lowest BCUT2D eigenvalue weighted by Gasteiger charge is -2.36. The van der Waals surface area contributed by atoms with Gasteiger partial charge in [-0.05, 0) is 36.8 Å². The molecule has 0 aliphatic carbocycles. The Balaban J connectivity index is 1.60. The van der Waals surface area contributed by atoms with Crippen molar-refractivity contribution in [2.45, 2.75) is 6.92 Å². The van der Waals surface area contributed by atoms with Gasteiger partial charge in [-0.2, -0.15) is 0 Å². The standard InChI is InChI=1S/C19H22FN3O2/c1-14-7-8-15(13-16(14)20)21-19(24)23-11-9-22(10-12-23)17-5-3-4-6-18(17)25-2/h3-8,13H,9-12H2,1-2H3,(H,21,24). The van der Waals surface area contributed by atoms with Gasteiger partial charge in [-0.25, -0.2) is 9.18 Å². The van der Waals surface area contributed by atoms with Crippen LogP contribution in [-0.4, -0.2) is 44.2 Å². The van der Waals surface area contributed by atoms with Crippen LogP contribution in [0.1, 0.15) is 5.56 Å². The van der Waals surface area contributed by atoms with E-state index in [0.717, 1.165) is 24.5 Å². The van der Waals surface area contributed by atoms with Crippen molar-refractivity contribution in [3.63, 3.8) is 0 Å². The number of ether oxygens (including phenoxy) is 1. The summed E-state index contributed by atoms with van der Waals surface area (Å²) in [6.07, 6.45) is 0. The molecular weight excluding hydrogens is 321 g/mol. The highest BCUT2D eigenvalue weighted by atomic mass is 19.1. The predicted octanol–water partition coefficient (Wildman–Crippen LogP) is 3.50. The van der Waals surface area contributed by atoms with Crippen LogP contribution in [0, 0.1) is 12.7 Å². The Labute approximate surface area is 147 Å². The van der Waals surface area contributed by atoms with Crippen LogP contribution < -0.4 is 15.0 Å². The molecular formula is C19H22FN3O2. The molecule has 1 aliphatic heterocycles. The van der Waals surface area contributed by atoms with Crippen LogP contribution in [0.2, 0.25) is 0 Å². The number of urea groups is 1. The van der Waals surface area contributed by atoms with Gasteiger partial charge in [0.2, 0.25) is 0 Å². The first kappa shape index (κ1) is 17.1. The Hall–Kier alpha value is -2.76. The number of carbonyl (C=O) groups is 1. The van der Waals surface area contributed by atoms with Crippen molar-refractivity contribution >= 4 is 17.4 Å². The van der Waals surface area contributed by atoms with Gasteiger partial charge in [-0.1, -0.05) is 18.2 Å². The highest BCUT2D eigenvalue weighted by Crippen LogP contribution is 2.28. The van der Waals surface area contributed by atoms with E-state index in [1.807, 2.05) is 24.3 Å². The average Bonchev–Trinajstić information content (AvgIpc) is 2.65. The van der Waals surface area contributed by atoms with Crippen molar-refractivity contribution in [1.29, 1.82) is 0 Å². The van der Waals surface area contributed by atoms with Crippen molar-refractivity contribution in [3.05, 3.63) is 53.8 Å². The number of halogens is 1. The van der Waals surface area contributed by atoms with Crippen LogP contribution in [0.5, 0.6) is 5.75 Å². The van der Waals surface area contributed by atoms with E-state index < -0.39 is 0 Å². The lowest BCUT2D eigenvalue weighted by molar-refractivity contribution is 0.208. The first-order valence-corrected chi connectivity index (χ1v) is 8.28. The van der Waals surface area contributed by atoms with Gasteiger partial charge in [0.15, 0.2) is 0 Å². The molecule has 0 unspecified atom stereocenters. The SMILES string of the molecule is COc1ccccc1N1CCN(C(=O)Nc2ccc(C)c(F)c2)CC1. The van der Waals surface area contributed by atoms with E-state index >= 15 is 0 Å². The smallest absolute Gasteiger partial charge is 0.321 e. The first-order chi connectivity index (χ1) is 12.1. The molecule has 0 radical (unpaired) electrons. The van der Waals surface area contributed by atoms with E-state index in [0.29, 0.717) is 24.3 Å². The number of nitrogens with zero attached hydrogens (tertiary/aromatic N) is 2. The number of methoxy groups -OCH3 is 1. The Bertz CT molecular complexity index is 758. The van der Waals surface area contributed by atoms with Crippen LogP contribution >= 0.6 is 0 Å². The molecule has 0 bridgehead atoms. The lowest BCUT2D eigenvalue weighted by atomic mass is 10.2. The first-order valence-electron chi connectivity index (χ1n) is 8.28. The molecule has 1 saturated heterocycles. The third-order valence-electron chi connectivity index (χ3n) is 4.42.